The van der Waals surface area contributed by atoms with Gasteiger partial charge in [0.1, 0.15) is 0 Å². The molecule has 1 saturated heterocycles. The molecule has 1 fully saturated rings. The van der Waals surface area contributed by atoms with Crippen LogP contribution in [0.4, 0.5) is 0 Å². The van der Waals surface area contributed by atoms with Gasteiger partial charge in [-0.25, -0.2) is 13.2 Å². The minimum atomic E-state index is -3.60. The summed E-state index contributed by atoms with van der Waals surface area (Å²) in [6.07, 6.45) is 0. The number of hydrogen-bond acceptors (Lipinski definition) is 7. The first-order valence-electron chi connectivity index (χ1n) is 8.72. The van der Waals surface area contributed by atoms with Crippen molar-refractivity contribution in [3.05, 3.63) is 47.3 Å². The summed E-state index contributed by atoms with van der Waals surface area (Å²) in [6.45, 7) is 3.91. The molecule has 3 rings (SSSR count). The zero-order chi connectivity index (χ0) is 20.3. The molecule has 0 aliphatic carbocycles. The van der Waals surface area contributed by atoms with Crippen LogP contribution in [0.2, 0.25) is 0 Å². The van der Waals surface area contributed by atoms with Gasteiger partial charge in [0, 0.05) is 32.2 Å². The van der Waals surface area contributed by atoms with E-state index in [1.165, 1.54) is 15.3 Å². The second-order valence-corrected chi connectivity index (χ2v) is 8.44. The summed E-state index contributed by atoms with van der Waals surface area (Å²) in [5.41, 5.74) is 1.51. The zero-order valence-electron chi connectivity index (χ0n) is 15.6. The van der Waals surface area contributed by atoms with Gasteiger partial charge in [0.15, 0.2) is 6.61 Å². The summed E-state index contributed by atoms with van der Waals surface area (Å²) in [5, 5.41) is 3.58. The van der Waals surface area contributed by atoms with E-state index in [0.29, 0.717) is 5.69 Å². The van der Waals surface area contributed by atoms with Crippen LogP contribution in [-0.2, 0) is 19.6 Å². The molecule has 0 atom stereocenters. The molecule has 0 unspecified atom stereocenters. The molecule has 0 N–H and O–H groups in total. The smallest absolute Gasteiger partial charge is 0.377 e. The van der Waals surface area contributed by atoms with E-state index in [-0.39, 0.29) is 36.8 Å². The number of aryl methyl sites for hydroxylation is 2. The summed E-state index contributed by atoms with van der Waals surface area (Å²) in [6, 6.07) is 8.06. The molecule has 0 radical (unpaired) electrons. The van der Waals surface area contributed by atoms with Gasteiger partial charge in [0.05, 0.1) is 10.6 Å². The minimum Gasteiger partial charge on any atom is -0.450 e. The van der Waals surface area contributed by atoms with Crippen molar-refractivity contribution in [1.82, 2.24) is 14.4 Å². The number of carbonyl (C=O) groups is 2. The highest BCUT2D eigenvalue weighted by molar-refractivity contribution is 7.89. The van der Waals surface area contributed by atoms with Crippen LogP contribution in [0, 0.1) is 13.8 Å². The Morgan fingerprint density at radius 1 is 1.11 bits per heavy atom. The highest BCUT2D eigenvalue weighted by Crippen LogP contribution is 2.18. The van der Waals surface area contributed by atoms with Crippen LogP contribution in [0.15, 0.2) is 39.8 Å². The maximum absolute atomic E-state index is 12.7. The van der Waals surface area contributed by atoms with E-state index < -0.39 is 28.5 Å². The fourth-order valence-electron chi connectivity index (χ4n) is 2.79. The molecule has 9 nitrogen and oxygen atoms in total. The Labute approximate surface area is 162 Å². The molecule has 2 heterocycles. The molecule has 150 valence electrons. The van der Waals surface area contributed by atoms with Crippen molar-refractivity contribution in [2.75, 3.05) is 32.8 Å². The van der Waals surface area contributed by atoms with Crippen molar-refractivity contribution in [2.24, 2.45) is 0 Å². The number of aromatic nitrogens is 1. The molecule has 0 spiro atoms. The van der Waals surface area contributed by atoms with Crippen molar-refractivity contribution in [2.45, 2.75) is 18.7 Å². The predicted octanol–water partition coefficient (Wildman–Crippen LogP) is 0.981. The van der Waals surface area contributed by atoms with E-state index >= 15 is 0 Å². The van der Waals surface area contributed by atoms with E-state index in [0.717, 1.165) is 5.56 Å². The number of rotatable bonds is 5. The molecule has 1 aromatic carbocycles. The molecule has 2 aromatic rings. The fourth-order valence-corrected chi connectivity index (χ4v) is 4.21. The summed E-state index contributed by atoms with van der Waals surface area (Å²) < 4.78 is 36.4. The van der Waals surface area contributed by atoms with Gasteiger partial charge in [-0.05, 0) is 26.0 Å². The summed E-state index contributed by atoms with van der Waals surface area (Å²) >= 11 is 0. The first-order chi connectivity index (χ1) is 13.3. The monoisotopic (exact) mass is 407 g/mol. The van der Waals surface area contributed by atoms with E-state index in [1.54, 1.807) is 31.2 Å². The Morgan fingerprint density at radius 3 is 2.32 bits per heavy atom. The Morgan fingerprint density at radius 2 is 1.75 bits per heavy atom. The van der Waals surface area contributed by atoms with E-state index in [2.05, 4.69) is 5.16 Å². The molecular weight excluding hydrogens is 386 g/mol. The number of sulfonamides is 1. The van der Waals surface area contributed by atoms with Crippen LogP contribution in [0.5, 0.6) is 0 Å². The molecule has 0 saturated carbocycles. The van der Waals surface area contributed by atoms with Gasteiger partial charge in [-0.3, -0.25) is 4.79 Å². The molecule has 1 aliphatic heterocycles. The maximum Gasteiger partial charge on any atom is 0.377 e. The van der Waals surface area contributed by atoms with Crippen LogP contribution >= 0.6 is 0 Å². The topological polar surface area (TPSA) is 110 Å². The summed E-state index contributed by atoms with van der Waals surface area (Å²) in [4.78, 5) is 25.7. The lowest BCUT2D eigenvalue weighted by Crippen LogP contribution is -2.51. The van der Waals surface area contributed by atoms with Crippen molar-refractivity contribution >= 4 is 21.9 Å². The number of esters is 1. The second kappa shape index (κ2) is 8.11. The SMILES string of the molecule is Cc1ccc(S(=O)(=O)N2CCN(C(=O)COC(=O)c3cc(C)no3)CC2)cc1. The normalized spacial score (nSPS) is 15.4. The minimum absolute atomic E-state index is 0.0701. The average Bonchev–Trinajstić information content (AvgIpc) is 3.13. The van der Waals surface area contributed by atoms with Gasteiger partial charge in [-0.15, -0.1) is 0 Å². The molecule has 0 bridgehead atoms. The van der Waals surface area contributed by atoms with Crippen LogP contribution in [0.25, 0.3) is 0 Å². The number of nitrogens with zero attached hydrogens (tertiary/aromatic N) is 3. The molecule has 1 aromatic heterocycles. The Hall–Kier alpha value is -2.72. The van der Waals surface area contributed by atoms with Gasteiger partial charge < -0.3 is 14.2 Å². The highest BCUT2D eigenvalue weighted by atomic mass is 32.2. The fraction of sp³-hybridized carbons (Fsp3) is 0.389. The third-order valence-electron chi connectivity index (χ3n) is 4.41. The lowest BCUT2D eigenvalue weighted by Gasteiger charge is -2.33. The van der Waals surface area contributed by atoms with Crippen LogP contribution < -0.4 is 0 Å². The summed E-state index contributed by atoms with van der Waals surface area (Å²) in [7, 11) is -3.60. The predicted molar refractivity (Wildman–Crippen MR) is 98.0 cm³/mol. The standard InChI is InChI=1S/C18H21N3O6S/c1-13-3-5-15(6-4-13)28(24,25)21-9-7-20(8-10-21)17(22)12-26-18(23)16-11-14(2)19-27-16/h3-6,11H,7-10,12H2,1-2H3. The van der Waals surface area contributed by atoms with Crippen molar-refractivity contribution in [3.8, 4) is 0 Å². The first-order valence-corrected chi connectivity index (χ1v) is 10.2. The van der Waals surface area contributed by atoms with Gasteiger partial charge >= 0.3 is 5.97 Å². The third-order valence-corrected chi connectivity index (χ3v) is 6.32. The molecule has 1 amide bonds. The van der Waals surface area contributed by atoms with Crippen LogP contribution in [-0.4, -0.2) is 67.4 Å². The van der Waals surface area contributed by atoms with Crippen LogP contribution in [0.1, 0.15) is 21.8 Å². The number of amides is 1. The lowest BCUT2D eigenvalue weighted by molar-refractivity contribution is -0.135. The zero-order valence-corrected chi connectivity index (χ0v) is 16.4. The average molecular weight is 407 g/mol. The number of carbonyl (C=O) groups excluding carboxylic acids is 2. The van der Waals surface area contributed by atoms with Gasteiger partial charge in [-0.2, -0.15) is 4.31 Å². The van der Waals surface area contributed by atoms with E-state index in [4.69, 9.17) is 9.26 Å². The Balaban J connectivity index is 1.52. The third kappa shape index (κ3) is 4.39. The number of hydrogen-bond donors (Lipinski definition) is 0. The highest BCUT2D eigenvalue weighted by Gasteiger charge is 2.30. The summed E-state index contributed by atoms with van der Waals surface area (Å²) in [5.74, 6) is -1.23. The molecular formula is C18H21N3O6S. The lowest BCUT2D eigenvalue weighted by atomic mass is 10.2. The maximum atomic E-state index is 12.7. The number of piperazine rings is 1. The van der Waals surface area contributed by atoms with Crippen LogP contribution in [0.3, 0.4) is 0 Å². The largest absolute Gasteiger partial charge is 0.450 e. The second-order valence-electron chi connectivity index (χ2n) is 6.51. The molecule has 10 heteroatoms. The number of benzene rings is 1. The number of ether oxygens (including phenoxy) is 1. The van der Waals surface area contributed by atoms with E-state index in [9.17, 15) is 18.0 Å². The Bertz CT molecular complexity index is 959. The first kappa shape index (κ1) is 20.0. The van der Waals surface area contributed by atoms with Crippen molar-refractivity contribution < 1.29 is 27.3 Å². The molecule has 1 aliphatic rings. The van der Waals surface area contributed by atoms with Gasteiger partial charge in [-0.1, -0.05) is 22.9 Å². The van der Waals surface area contributed by atoms with Gasteiger partial charge in [0.25, 0.3) is 5.91 Å². The van der Waals surface area contributed by atoms with Crippen molar-refractivity contribution in [3.63, 3.8) is 0 Å². The van der Waals surface area contributed by atoms with Gasteiger partial charge in [0.2, 0.25) is 15.8 Å². The van der Waals surface area contributed by atoms with Crippen molar-refractivity contribution in [1.29, 1.82) is 0 Å². The Kier molecular flexibility index (Phi) is 5.80. The molecule has 28 heavy (non-hydrogen) atoms. The van der Waals surface area contributed by atoms with E-state index in [1.807, 2.05) is 6.92 Å². The quantitative estimate of drug-likeness (QED) is 0.680.